The zero-order valence-electron chi connectivity index (χ0n) is 13.7. The molecule has 0 saturated carbocycles. The van der Waals surface area contributed by atoms with Gasteiger partial charge < -0.3 is 10.2 Å². The minimum Gasteiger partial charge on any atom is -0.324 e. The summed E-state index contributed by atoms with van der Waals surface area (Å²) in [6.45, 7) is 5.05. The molecule has 0 radical (unpaired) electrons. The summed E-state index contributed by atoms with van der Waals surface area (Å²) < 4.78 is 0. The van der Waals surface area contributed by atoms with Gasteiger partial charge in [-0.15, -0.1) is 0 Å². The Bertz CT molecular complexity index is 791. The van der Waals surface area contributed by atoms with E-state index in [1.165, 1.54) is 11.8 Å². The maximum Gasteiger partial charge on any atom is 0.244 e. The van der Waals surface area contributed by atoms with E-state index in [2.05, 4.69) is 5.32 Å². The van der Waals surface area contributed by atoms with E-state index in [0.717, 1.165) is 11.1 Å². The molecule has 0 aliphatic carbocycles. The van der Waals surface area contributed by atoms with Crippen molar-refractivity contribution in [3.8, 4) is 0 Å². The molecule has 0 spiro atoms. The molecule has 0 aromatic heterocycles. The van der Waals surface area contributed by atoms with Crippen LogP contribution in [-0.4, -0.2) is 18.4 Å². The molecular weight excluding hydrogens is 347 g/mol. The van der Waals surface area contributed by atoms with Crippen LogP contribution >= 0.6 is 23.2 Å². The van der Waals surface area contributed by atoms with Crippen molar-refractivity contribution in [1.29, 1.82) is 0 Å². The SMILES string of the molecule is CC(=O)N(CC(=O)Nc1cc(Cl)ccc1C)c1ccc(Cl)cc1C. The number of rotatable bonds is 4. The van der Waals surface area contributed by atoms with Gasteiger partial charge in [-0.2, -0.15) is 0 Å². The van der Waals surface area contributed by atoms with Crippen LogP contribution in [0.2, 0.25) is 10.0 Å². The maximum absolute atomic E-state index is 12.4. The molecule has 1 N–H and O–H groups in total. The van der Waals surface area contributed by atoms with E-state index in [-0.39, 0.29) is 18.4 Å². The predicted molar refractivity (Wildman–Crippen MR) is 99.0 cm³/mol. The molecule has 0 fully saturated rings. The number of hydrogen-bond donors (Lipinski definition) is 1. The summed E-state index contributed by atoms with van der Waals surface area (Å²) in [7, 11) is 0. The Hall–Kier alpha value is -2.04. The molecule has 0 heterocycles. The molecule has 2 amide bonds. The van der Waals surface area contributed by atoms with E-state index in [4.69, 9.17) is 23.2 Å². The number of nitrogens with zero attached hydrogens (tertiary/aromatic N) is 1. The normalized spacial score (nSPS) is 10.4. The fraction of sp³-hybridized carbons (Fsp3) is 0.222. The lowest BCUT2D eigenvalue weighted by atomic mass is 10.1. The molecular formula is C18H18Cl2N2O2. The van der Waals surface area contributed by atoms with E-state index in [9.17, 15) is 9.59 Å². The summed E-state index contributed by atoms with van der Waals surface area (Å²) in [6.07, 6.45) is 0. The van der Waals surface area contributed by atoms with E-state index >= 15 is 0 Å². The third-order valence-corrected chi connectivity index (χ3v) is 4.08. The largest absolute Gasteiger partial charge is 0.324 e. The fourth-order valence-corrected chi connectivity index (χ4v) is 2.75. The van der Waals surface area contributed by atoms with E-state index in [0.29, 0.717) is 21.4 Å². The van der Waals surface area contributed by atoms with Crippen LogP contribution in [0.4, 0.5) is 11.4 Å². The van der Waals surface area contributed by atoms with Crippen molar-refractivity contribution in [1.82, 2.24) is 0 Å². The third kappa shape index (κ3) is 4.49. The van der Waals surface area contributed by atoms with Crippen molar-refractivity contribution < 1.29 is 9.59 Å². The van der Waals surface area contributed by atoms with Crippen molar-refractivity contribution in [2.75, 3.05) is 16.8 Å². The van der Waals surface area contributed by atoms with Crippen LogP contribution < -0.4 is 10.2 Å². The first-order valence-corrected chi connectivity index (χ1v) is 8.14. The van der Waals surface area contributed by atoms with Gasteiger partial charge >= 0.3 is 0 Å². The molecule has 0 bridgehead atoms. The zero-order chi connectivity index (χ0) is 17.9. The molecule has 0 atom stereocenters. The van der Waals surface area contributed by atoms with Crippen LogP contribution in [0.3, 0.4) is 0 Å². The molecule has 0 aliphatic heterocycles. The van der Waals surface area contributed by atoms with Crippen LogP contribution in [0, 0.1) is 13.8 Å². The van der Waals surface area contributed by atoms with Gasteiger partial charge in [-0.1, -0.05) is 29.3 Å². The highest BCUT2D eigenvalue weighted by molar-refractivity contribution is 6.31. The quantitative estimate of drug-likeness (QED) is 0.861. The Labute approximate surface area is 151 Å². The topological polar surface area (TPSA) is 49.4 Å². The van der Waals surface area contributed by atoms with Crippen molar-refractivity contribution in [3.63, 3.8) is 0 Å². The highest BCUT2D eigenvalue weighted by Crippen LogP contribution is 2.24. The van der Waals surface area contributed by atoms with Crippen molar-refractivity contribution in [2.24, 2.45) is 0 Å². The highest BCUT2D eigenvalue weighted by atomic mass is 35.5. The number of carbonyl (C=O) groups is 2. The monoisotopic (exact) mass is 364 g/mol. The number of benzene rings is 2. The molecule has 24 heavy (non-hydrogen) atoms. The zero-order valence-corrected chi connectivity index (χ0v) is 15.2. The van der Waals surface area contributed by atoms with Gasteiger partial charge in [0.25, 0.3) is 0 Å². The number of nitrogens with one attached hydrogen (secondary N) is 1. The minimum absolute atomic E-state index is 0.0935. The van der Waals surface area contributed by atoms with Crippen molar-refractivity contribution in [3.05, 3.63) is 57.6 Å². The van der Waals surface area contributed by atoms with E-state index < -0.39 is 0 Å². The first-order chi connectivity index (χ1) is 11.3. The lowest BCUT2D eigenvalue weighted by Gasteiger charge is -2.23. The Morgan fingerprint density at radius 1 is 1.00 bits per heavy atom. The second-order valence-corrected chi connectivity index (χ2v) is 6.42. The van der Waals surface area contributed by atoms with Crippen LogP contribution in [0.15, 0.2) is 36.4 Å². The summed E-state index contributed by atoms with van der Waals surface area (Å²) in [5.74, 6) is -0.525. The third-order valence-electron chi connectivity index (χ3n) is 3.61. The predicted octanol–water partition coefficient (Wildman–Crippen LogP) is 4.60. The number of amides is 2. The molecule has 4 nitrogen and oxygen atoms in total. The van der Waals surface area contributed by atoms with Crippen LogP contribution in [0.5, 0.6) is 0 Å². The average Bonchev–Trinajstić information content (AvgIpc) is 2.49. The standard InChI is InChI=1S/C18H18Cl2N2O2/c1-11-4-5-15(20)9-16(11)21-18(24)10-22(13(3)23)17-7-6-14(19)8-12(17)2/h4-9H,10H2,1-3H3,(H,21,24). The Morgan fingerprint density at radius 3 is 2.25 bits per heavy atom. The van der Waals surface area contributed by atoms with Gasteiger partial charge in [0.2, 0.25) is 11.8 Å². The number of halogens is 2. The van der Waals surface area contributed by atoms with Crippen molar-refractivity contribution >= 4 is 46.4 Å². The molecule has 2 aromatic carbocycles. The Morgan fingerprint density at radius 2 is 1.62 bits per heavy atom. The van der Waals surface area contributed by atoms with Gasteiger partial charge in [0.05, 0.1) is 0 Å². The van der Waals surface area contributed by atoms with Gasteiger partial charge in [-0.3, -0.25) is 9.59 Å². The van der Waals surface area contributed by atoms with Gasteiger partial charge in [-0.25, -0.2) is 0 Å². The van der Waals surface area contributed by atoms with Crippen LogP contribution in [-0.2, 0) is 9.59 Å². The molecule has 2 rings (SSSR count). The van der Waals surface area contributed by atoms with Gasteiger partial charge in [0.1, 0.15) is 6.54 Å². The first kappa shape index (κ1) is 18.3. The molecule has 0 aliphatic rings. The average molecular weight is 365 g/mol. The van der Waals surface area contributed by atoms with Gasteiger partial charge in [-0.05, 0) is 55.3 Å². The lowest BCUT2D eigenvalue weighted by Crippen LogP contribution is -2.37. The second-order valence-electron chi connectivity index (χ2n) is 5.54. The summed E-state index contributed by atoms with van der Waals surface area (Å²) in [6, 6.07) is 10.4. The van der Waals surface area contributed by atoms with Crippen LogP contribution in [0.25, 0.3) is 0 Å². The smallest absolute Gasteiger partial charge is 0.244 e. The lowest BCUT2D eigenvalue weighted by molar-refractivity contribution is -0.120. The van der Waals surface area contributed by atoms with Gasteiger partial charge in [0.15, 0.2) is 0 Å². The van der Waals surface area contributed by atoms with E-state index in [1.54, 1.807) is 30.3 Å². The van der Waals surface area contributed by atoms with Crippen LogP contribution in [0.1, 0.15) is 18.1 Å². The van der Waals surface area contributed by atoms with E-state index in [1.807, 2.05) is 19.9 Å². The summed E-state index contributed by atoms with van der Waals surface area (Å²) in [4.78, 5) is 25.8. The highest BCUT2D eigenvalue weighted by Gasteiger charge is 2.18. The molecule has 2 aromatic rings. The molecule has 0 unspecified atom stereocenters. The molecule has 126 valence electrons. The number of aryl methyl sites for hydroxylation is 2. The fourth-order valence-electron chi connectivity index (χ4n) is 2.35. The van der Waals surface area contributed by atoms with Gasteiger partial charge in [0, 0.05) is 28.3 Å². The Kier molecular flexibility index (Phi) is 5.86. The number of anilines is 2. The molecule has 0 saturated heterocycles. The number of hydrogen-bond acceptors (Lipinski definition) is 2. The maximum atomic E-state index is 12.4. The second kappa shape index (κ2) is 7.69. The summed E-state index contributed by atoms with van der Waals surface area (Å²) in [5, 5.41) is 3.91. The first-order valence-electron chi connectivity index (χ1n) is 7.38. The summed E-state index contributed by atoms with van der Waals surface area (Å²) >= 11 is 11.9. The minimum atomic E-state index is -0.301. The number of carbonyl (C=O) groups excluding carboxylic acids is 2. The van der Waals surface area contributed by atoms with Crippen molar-refractivity contribution in [2.45, 2.75) is 20.8 Å². The Balaban J connectivity index is 2.20. The summed E-state index contributed by atoms with van der Waals surface area (Å²) in [5.41, 5.74) is 3.00. The molecule has 6 heteroatoms.